The van der Waals surface area contributed by atoms with Crippen LogP contribution in [-0.2, 0) is 9.53 Å². The van der Waals surface area contributed by atoms with Crippen LogP contribution in [0.3, 0.4) is 0 Å². The van der Waals surface area contributed by atoms with Gasteiger partial charge in [0, 0.05) is 0 Å². The van der Waals surface area contributed by atoms with Crippen LogP contribution >= 0.6 is 0 Å². The number of carbonyl (C=O) groups excluding carboxylic acids is 2. The number of nitrogens with one attached hydrogen (secondary N) is 1. The SMILES string of the molecule is CC(C)(C)OC(=O)N[C@@H](C[Se]c1ccccc1)C(N)=O. The van der Waals surface area contributed by atoms with Crippen molar-refractivity contribution in [2.24, 2.45) is 5.73 Å². The van der Waals surface area contributed by atoms with E-state index in [1.54, 1.807) is 20.8 Å². The van der Waals surface area contributed by atoms with Crippen molar-refractivity contribution in [3.63, 3.8) is 0 Å². The molecule has 2 amide bonds. The third-order valence-electron chi connectivity index (χ3n) is 2.19. The van der Waals surface area contributed by atoms with E-state index in [0.717, 1.165) is 4.46 Å². The van der Waals surface area contributed by atoms with Crippen molar-refractivity contribution in [2.75, 3.05) is 0 Å². The van der Waals surface area contributed by atoms with E-state index in [-0.39, 0.29) is 15.0 Å². The van der Waals surface area contributed by atoms with Gasteiger partial charge in [-0.1, -0.05) is 0 Å². The van der Waals surface area contributed by atoms with Gasteiger partial charge in [-0.2, -0.15) is 0 Å². The van der Waals surface area contributed by atoms with Crippen LogP contribution in [0.25, 0.3) is 0 Å². The number of amides is 2. The van der Waals surface area contributed by atoms with E-state index in [2.05, 4.69) is 5.32 Å². The number of benzene rings is 1. The third kappa shape index (κ3) is 6.59. The molecule has 0 heterocycles. The van der Waals surface area contributed by atoms with Crippen LogP contribution in [0.4, 0.5) is 4.79 Å². The maximum absolute atomic E-state index is 11.7. The fourth-order valence-electron chi connectivity index (χ4n) is 1.34. The Balaban J connectivity index is 2.53. The van der Waals surface area contributed by atoms with E-state index in [4.69, 9.17) is 10.5 Å². The summed E-state index contributed by atoms with van der Waals surface area (Å²) in [5, 5.41) is 3.03. The summed E-state index contributed by atoms with van der Waals surface area (Å²) in [6.07, 6.45) is -0.620. The van der Waals surface area contributed by atoms with Crippen molar-refractivity contribution < 1.29 is 14.3 Å². The quantitative estimate of drug-likeness (QED) is 0.777. The Kier molecular flexibility index (Phi) is 6.04. The van der Waals surface area contributed by atoms with Gasteiger partial charge in [-0.25, -0.2) is 0 Å². The van der Waals surface area contributed by atoms with Crippen LogP contribution in [0.1, 0.15) is 20.8 Å². The molecule has 0 aliphatic heterocycles. The topological polar surface area (TPSA) is 81.4 Å². The van der Waals surface area contributed by atoms with Gasteiger partial charge in [0.1, 0.15) is 0 Å². The van der Waals surface area contributed by atoms with E-state index in [1.165, 1.54) is 0 Å². The van der Waals surface area contributed by atoms with E-state index < -0.39 is 23.6 Å². The van der Waals surface area contributed by atoms with Gasteiger partial charge in [0.05, 0.1) is 0 Å². The molecule has 0 unspecified atom stereocenters. The molecule has 0 radical (unpaired) electrons. The van der Waals surface area contributed by atoms with Crippen molar-refractivity contribution in [3.05, 3.63) is 30.3 Å². The zero-order valence-corrected chi connectivity index (χ0v) is 13.6. The molecule has 3 N–H and O–H groups in total. The Labute approximate surface area is 125 Å². The van der Waals surface area contributed by atoms with Crippen LogP contribution < -0.4 is 15.5 Å². The summed E-state index contributed by atoms with van der Waals surface area (Å²) >= 11 is 0.0654. The summed E-state index contributed by atoms with van der Waals surface area (Å²) in [6.45, 7) is 5.29. The Hall–Kier alpha value is -1.52. The standard InChI is InChI=1S/C14H20N2O3Se/c1-14(2,3)19-13(18)16-11(12(15)17)9-20-10-7-5-4-6-8-10/h4-8,11H,9H2,1-3H3,(H2,15,17)(H,16,18)/t11-/m0/s1. The molecule has 0 saturated carbocycles. The maximum atomic E-state index is 11.7. The number of carbonyl (C=O) groups is 2. The summed E-state index contributed by atoms with van der Waals surface area (Å²) in [5.74, 6) is -0.548. The second-order valence-corrected chi connectivity index (χ2v) is 7.52. The first kappa shape index (κ1) is 16.5. The average molecular weight is 343 g/mol. The van der Waals surface area contributed by atoms with Gasteiger partial charge in [-0.05, 0) is 0 Å². The van der Waals surface area contributed by atoms with E-state index in [9.17, 15) is 9.59 Å². The summed E-state index contributed by atoms with van der Waals surface area (Å²) in [4.78, 5) is 23.0. The minimum absolute atomic E-state index is 0.0654. The molecule has 0 spiro atoms. The molecule has 1 aromatic rings. The Morgan fingerprint density at radius 3 is 2.40 bits per heavy atom. The van der Waals surface area contributed by atoms with Gasteiger partial charge in [0.25, 0.3) is 0 Å². The summed E-state index contributed by atoms with van der Waals surface area (Å²) in [6, 6.07) is 9.10. The number of hydrogen-bond donors (Lipinski definition) is 2. The van der Waals surface area contributed by atoms with Gasteiger partial charge in [-0.15, -0.1) is 0 Å². The first-order chi connectivity index (χ1) is 9.28. The van der Waals surface area contributed by atoms with Crippen molar-refractivity contribution in [2.45, 2.75) is 37.7 Å². The zero-order valence-electron chi connectivity index (χ0n) is 11.9. The molecule has 0 saturated heterocycles. The molecule has 20 heavy (non-hydrogen) atoms. The minimum atomic E-state index is -0.704. The van der Waals surface area contributed by atoms with Crippen molar-refractivity contribution in [3.8, 4) is 0 Å². The molecular weight excluding hydrogens is 323 g/mol. The second-order valence-electron chi connectivity index (χ2n) is 5.23. The molecule has 0 fully saturated rings. The number of nitrogens with two attached hydrogens (primary N) is 1. The molecule has 0 aliphatic carbocycles. The first-order valence-corrected chi connectivity index (χ1v) is 8.31. The molecule has 1 atom stereocenters. The van der Waals surface area contributed by atoms with Crippen LogP contribution in [0.2, 0.25) is 5.32 Å². The Morgan fingerprint density at radius 1 is 1.30 bits per heavy atom. The Morgan fingerprint density at radius 2 is 1.90 bits per heavy atom. The predicted molar refractivity (Wildman–Crippen MR) is 79.0 cm³/mol. The van der Waals surface area contributed by atoms with Gasteiger partial charge in [0.2, 0.25) is 0 Å². The van der Waals surface area contributed by atoms with Crippen molar-refractivity contribution >= 4 is 31.4 Å². The number of rotatable bonds is 5. The molecule has 0 aromatic heterocycles. The molecule has 1 rings (SSSR count). The van der Waals surface area contributed by atoms with Gasteiger partial charge in [0.15, 0.2) is 0 Å². The average Bonchev–Trinajstić information content (AvgIpc) is 2.33. The number of ether oxygens (including phenoxy) is 1. The van der Waals surface area contributed by atoms with Crippen LogP contribution in [0, 0.1) is 0 Å². The van der Waals surface area contributed by atoms with Gasteiger partial charge in [-0.3, -0.25) is 0 Å². The summed E-state index contributed by atoms with van der Waals surface area (Å²) in [5.41, 5.74) is 4.71. The van der Waals surface area contributed by atoms with E-state index in [1.807, 2.05) is 30.3 Å². The normalized spacial score (nSPS) is 12.6. The molecule has 110 valence electrons. The third-order valence-corrected chi connectivity index (χ3v) is 4.51. The first-order valence-electron chi connectivity index (χ1n) is 6.24. The van der Waals surface area contributed by atoms with Crippen LogP contribution in [-0.4, -0.2) is 38.6 Å². The van der Waals surface area contributed by atoms with E-state index >= 15 is 0 Å². The monoisotopic (exact) mass is 344 g/mol. The molecule has 6 heteroatoms. The molecule has 0 aliphatic rings. The number of alkyl carbamates (subject to hydrolysis) is 1. The molecule has 1 aromatic carbocycles. The van der Waals surface area contributed by atoms with Crippen molar-refractivity contribution in [1.29, 1.82) is 0 Å². The van der Waals surface area contributed by atoms with Crippen LogP contribution in [0.15, 0.2) is 30.3 Å². The number of primary amides is 1. The molecule has 0 bridgehead atoms. The second kappa shape index (κ2) is 7.31. The van der Waals surface area contributed by atoms with Gasteiger partial charge >= 0.3 is 125 Å². The fourth-order valence-corrected chi connectivity index (χ4v) is 3.35. The van der Waals surface area contributed by atoms with Gasteiger partial charge < -0.3 is 0 Å². The fraction of sp³-hybridized carbons (Fsp3) is 0.429. The predicted octanol–water partition coefficient (Wildman–Crippen LogP) is 0.813. The molecular formula is C14H20N2O3Se. The summed E-state index contributed by atoms with van der Waals surface area (Å²) < 4.78 is 6.27. The number of hydrogen-bond acceptors (Lipinski definition) is 3. The summed E-state index contributed by atoms with van der Waals surface area (Å²) in [7, 11) is 0. The zero-order chi connectivity index (χ0) is 15.2. The van der Waals surface area contributed by atoms with Crippen molar-refractivity contribution in [1.82, 2.24) is 5.32 Å². The van der Waals surface area contributed by atoms with E-state index in [0.29, 0.717) is 5.32 Å². The Bertz CT molecular complexity index is 457. The van der Waals surface area contributed by atoms with Crippen LogP contribution in [0.5, 0.6) is 0 Å². The molecule has 5 nitrogen and oxygen atoms in total.